The number of carbonyl (C=O) groups excluding carboxylic acids is 2. The van der Waals surface area contributed by atoms with Gasteiger partial charge in [0, 0.05) is 22.2 Å². The molecular formula is C26H30Cl2N2O4. The predicted molar refractivity (Wildman–Crippen MR) is 135 cm³/mol. The quantitative estimate of drug-likeness (QED) is 0.281. The highest BCUT2D eigenvalue weighted by atomic mass is 35.5. The smallest absolute Gasteiger partial charge is 0.295 e. The Morgan fingerprint density at radius 2 is 1.79 bits per heavy atom. The summed E-state index contributed by atoms with van der Waals surface area (Å²) in [4.78, 5) is 29.6. The Balaban J connectivity index is 2.04. The number of ketones is 1. The fourth-order valence-electron chi connectivity index (χ4n) is 3.84. The number of rotatable bonds is 9. The van der Waals surface area contributed by atoms with Crippen LogP contribution in [0.5, 0.6) is 5.75 Å². The van der Waals surface area contributed by atoms with E-state index in [0.29, 0.717) is 52.4 Å². The molecule has 8 heteroatoms. The van der Waals surface area contributed by atoms with E-state index in [9.17, 15) is 14.7 Å². The summed E-state index contributed by atoms with van der Waals surface area (Å²) in [5.41, 5.74) is 0.960. The van der Waals surface area contributed by atoms with Crippen LogP contribution in [0.2, 0.25) is 10.0 Å². The lowest BCUT2D eigenvalue weighted by atomic mass is 9.95. The van der Waals surface area contributed by atoms with Crippen molar-refractivity contribution in [3.63, 3.8) is 0 Å². The maximum atomic E-state index is 13.1. The first-order valence-electron chi connectivity index (χ1n) is 11.2. The van der Waals surface area contributed by atoms with E-state index in [0.717, 1.165) is 6.54 Å². The van der Waals surface area contributed by atoms with Gasteiger partial charge in [-0.1, -0.05) is 43.1 Å². The zero-order chi connectivity index (χ0) is 25.0. The molecule has 0 aromatic heterocycles. The molecular weight excluding hydrogens is 475 g/mol. The average Bonchev–Trinajstić information content (AvgIpc) is 3.02. The molecule has 1 saturated heterocycles. The molecule has 1 aliphatic heterocycles. The Morgan fingerprint density at radius 1 is 1.12 bits per heavy atom. The molecule has 1 fully saturated rings. The van der Waals surface area contributed by atoms with Crippen molar-refractivity contribution in [3.05, 3.63) is 69.2 Å². The zero-order valence-electron chi connectivity index (χ0n) is 19.8. The molecule has 2 aromatic rings. The van der Waals surface area contributed by atoms with Gasteiger partial charge in [-0.25, -0.2) is 0 Å². The van der Waals surface area contributed by atoms with Crippen LogP contribution in [0.25, 0.3) is 5.76 Å². The van der Waals surface area contributed by atoms with E-state index in [2.05, 4.69) is 13.8 Å². The number of Topliss-reactive ketones (excluding diaryl/α,β-unsaturated/α-hetero) is 1. The van der Waals surface area contributed by atoms with Gasteiger partial charge in [-0.3, -0.25) is 9.59 Å². The van der Waals surface area contributed by atoms with E-state index in [1.54, 1.807) is 42.5 Å². The largest absolute Gasteiger partial charge is 0.507 e. The molecule has 1 N–H and O–H groups in total. The monoisotopic (exact) mass is 504 g/mol. The molecule has 0 saturated carbocycles. The maximum Gasteiger partial charge on any atom is 0.295 e. The molecule has 1 heterocycles. The Bertz CT molecular complexity index is 1080. The summed E-state index contributed by atoms with van der Waals surface area (Å²) in [7, 11) is 3.88. The van der Waals surface area contributed by atoms with Crippen LogP contribution in [0.4, 0.5) is 0 Å². The van der Waals surface area contributed by atoms with E-state index < -0.39 is 17.7 Å². The highest BCUT2D eigenvalue weighted by Gasteiger charge is 2.46. The van der Waals surface area contributed by atoms with Crippen molar-refractivity contribution in [1.82, 2.24) is 9.80 Å². The molecule has 0 aliphatic carbocycles. The topological polar surface area (TPSA) is 70.1 Å². The number of aliphatic hydroxyl groups is 1. The van der Waals surface area contributed by atoms with Gasteiger partial charge in [0.2, 0.25) is 0 Å². The number of ether oxygens (including phenoxy) is 1. The van der Waals surface area contributed by atoms with Crippen molar-refractivity contribution in [3.8, 4) is 5.75 Å². The number of benzene rings is 2. The summed E-state index contributed by atoms with van der Waals surface area (Å²) in [5, 5.41) is 11.9. The number of halogens is 2. The van der Waals surface area contributed by atoms with Crippen molar-refractivity contribution in [1.29, 1.82) is 0 Å². The van der Waals surface area contributed by atoms with Crippen molar-refractivity contribution in [2.45, 2.75) is 26.3 Å². The van der Waals surface area contributed by atoms with Gasteiger partial charge in [0.1, 0.15) is 11.5 Å². The molecule has 1 aliphatic rings. The van der Waals surface area contributed by atoms with E-state index in [1.807, 2.05) is 19.0 Å². The second-order valence-corrected chi connectivity index (χ2v) is 9.89. The minimum Gasteiger partial charge on any atom is -0.507 e. The minimum absolute atomic E-state index is 0.00919. The minimum atomic E-state index is -0.816. The van der Waals surface area contributed by atoms with Gasteiger partial charge >= 0.3 is 0 Å². The van der Waals surface area contributed by atoms with Crippen LogP contribution >= 0.6 is 23.2 Å². The van der Waals surface area contributed by atoms with E-state index >= 15 is 0 Å². The third kappa shape index (κ3) is 5.93. The van der Waals surface area contributed by atoms with Crippen molar-refractivity contribution in [2.24, 2.45) is 5.92 Å². The van der Waals surface area contributed by atoms with Crippen LogP contribution in [0.15, 0.2) is 48.0 Å². The summed E-state index contributed by atoms with van der Waals surface area (Å²) in [6.45, 7) is 5.75. The number of amides is 1. The maximum absolute atomic E-state index is 13.1. The van der Waals surface area contributed by atoms with Crippen LogP contribution < -0.4 is 4.74 Å². The molecule has 3 rings (SSSR count). The fraction of sp³-hybridized carbons (Fsp3) is 0.385. The molecule has 6 nitrogen and oxygen atoms in total. The highest BCUT2D eigenvalue weighted by molar-refractivity contribution is 6.47. The van der Waals surface area contributed by atoms with Crippen molar-refractivity contribution in [2.75, 3.05) is 33.8 Å². The summed E-state index contributed by atoms with van der Waals surface area (Å²) in [5.74, 6) is -0.612. The third-order valence-corrected chi connectivity index (χ3v) is 6.07. The molecule has 1 amide bonds. The Labute approximate surface area is 210 Å². The summed E-state index contributed by atoms with van der Waals surface area (Å²) < 4.78 is 5.70. The van der Waals surface area contributed by atoms with Gasteiger partial charge in [-0.2, -0.15) is 0 Å². The van der Waals surface area contributed by atoms with Crippen LogP contribution in [0, 0.1) is 5.92 Å². The highest BCUT2D eigenvalue weighted by Crippen LogP contribution is 2.42. The number of hydrogen-bond donors (Lipinski definition) is 1. The molecule has 0 spiro atoms. The lowest BCUT2D eigenvalue weighted by Crippen LogP contribution is -2.32. The van der Waals surface area contributed by atoms with Crippen LogP contribution in [-0.2, 0) is 9.59 Å². The molecule has 2 aromatic carbocycles. The number of carbonyl (C=O) groups is 2. The second-order valence-electron chi connectivity index (χ2n) is 9.04. The Hall–Kier alpha value is -2.54. The van der Waals surface area contributed by atoms with Crippen molar-refractivity contribution < 1.29 is 19.4 Å². The lowest BCUT2D eigenvalue weighted by Gasteiger charge is -2.26. The van der Waals surface area contributed by atoms with E-state index in [1.165, 1.54) is 4.90 Å². The first-order valence-corrected chi connectivity index (χ1v) is 12.0. The predicted octanol–water partition coefficient (Wildman–Crippen LogP) is 5.40. The van der Waals surface area contributed by atoms with E-state index in [4.69, 9.17) is 27.9 Å². The van der Waals surface area contributed by atoms with Gasteiger partial charge in [-0.05, 0) is 74.9 Å². The molecule has 0 bridgehead atoms. The van der Waals surface area contributed by atoms with Crippen LogP contribution in [0.3, 0.4) is 0 Å². The fourth-order valence-corrected chi connectivity index (χ4v) is 4.35. The molecule has 0 unspecified atom stereocenters. The first-order chi connectivity index (χ1) is 16.1. The van der Waals surface area contributed by atoms with Crippen LogP contribution in [-0.4, -0.2) is 60.4 Å². The second kappa shape index (κ2) is 11.3. The van der Waals surface area contributed by atoms with Gasteiger partial charge < -0.3 is 19.6 Å². The summed E-state index contributed by atoms with van der Waals surface area (Å²) >= 11 is 12.6. The SMILES string of the molecule is CC(C)COc1ccc(C(O)=C2C(=O)C(=O)N(CCCN(C)C)[C@H]2c2ccc(Cl)cc2Cl)cc1. The standard InChI is InChI=1S/C26H30Cl2N2O4/c1-16(2)15-34-19-9-6-17(7-10-19)24(31)22-23(20-11-8-18(27)14-21(20)28)30(26(33)25(22)32)13-5-12-29(3)4/h6-11,14,16,23,31H,5,12-13,15H2,1-4H3/t23-/m0/s1. The number of likely N-dealkylation sites (tertiary alicyclic amines) is 1. The normalized spacial score (nSPS) is 17.8. The zero-order valence-corrected chi connectivity index (χ0v) is 21.4. The molecule has 0 radical (unpaired) electrons. The van der Waals surface area contributed by atoms with Crippen LogP contribution in [0.1, 0.15) is 37.4 Å². The number of nitrogens with zero attached hydrogens (tertiary/aromatic N) is 2. The Kier molecular flexibility index (Phi) is 8.63. The van der Waals surface area contributed by atoms with Gasteiger partial charge in [0.25, 0.3) is 11.7 Å². The molecule has 182 valence electrons. The van der Waals surface area contributed by atoms with Crippen molar-refractivity contribution >= 4 is 40.7 Å². The van der Waals surface area contributed by atoms with Gasteiger partial charge in [0.15, 0.2) is 0 Å². The molecule has 1 atom stereocenters. The van der Waals surface area contributed by atoms with Gasteiger partial charge in [0.05, 0.1) is 18.2 Å². The lowest BCUT2D eigenvalue weighted by molar-refractivity contribution is -0.139. The average molecular weight is 505 g/mol. The van der Waals surface area contributed by atoms with Gasteiger partial charge in [-0.15, -0.1) is 0 Å². The molecule has 34 heavy (non-hydrogen) atoms. The first kappa shape index (κ1) is 26.1. The third-order valence-electron chi connectivity index (χ3n) is 5.51. The Morgan fingerprint density at radius 3 is 2.38 bits per heavy atom. The number of hydrogen-bond acceptors (Lipinski definition) is 5. The van der Waals surface area contributed by atoms with E-state index in [-0.39, 0.29) is 11.3 Å². The number of aliphatic hydroxyl groups excluding tert-OH is 1. The summed E-state index contributed by atoms with van der Waals surface area (Å²) in [6, 6.07) is 10.9. The summed E-state index contributed by atoms with van der Waals surface area (Å²) in [6.07, 6.45) is 0.656.